The third-order valence-corrected chi connectivity index (χ3v) is 3.38. The molecule has 1 heterocycles. The number of hydrogen-bond donors (Lipinski definition) is 1. The number of aliphatic hydroxyl groups excluding tert-OH is 1. The highest BCUT2D eigenvalue weighted by Gasteiger charge is 2.24. The number of nitrogens with zero attached hydrogens (tertiary/aromatic N) is 1. The van der Waals surface area contributed by atoms with Gasteiger partial charge in [-0.15, -0.1) is 0 Å². The van der Waals surface area contributed by atoms with E-state index in [1.54, 1.807) is 4.90 Å². The van der Waals surface area contributed by atoms with Gasteiger partial charge in [0.05, 0.1) is 10.6 Å². The van der Waals surface area contributed by atoms with Crippen molar-refractivity contribution in [2.75, 3.05) is 19.7 Å². The summed E-state index contributed by atoms with van der Waals surface area (Å²) in [5, 5.41) is 9.32. The second-order valence-electron chi connectivity index (χ2n) is 4.15. The highest BCUT2D eigenvalue weighted by molar-refractivity contribution is 9.10. The zero-order valence-corrected chi connectivity index (χ0v) is 11.2. The molecule has 1 aliphatic rings. The second kappa shape index (κ2) is 5.67. The summed E-state index contributed by atoms with van der Waals surface area (Å²) in [7, 11) is 0. The van der Waals surface area contributed by atoms with E-state index < -0.39 is 6.10 Å². The zero-order valence-electron chi connectivity index (χ0n) is 9.60. The predicted octanol–water partition coefficient (Wildman–Crippen LogP) is 1.56. The van der Waals surface area contributed by atoms with Gasteiger partial charge in [0.25, 0.3) is 5.91 Å². The molecule has 1 aliphatic heterocycles. The van der Waals surface area contributed by atoms with Crippen LogP contribution in [0.5, 0.6) is 5.75 Å². The van der Waals surface area contributed by atoms with Crippen molar-refractivity contribution in [3.63, 3.8) is 0 Å². The molecule has 0 bridgehead atoms. The maximum atomic E-state index is 12.8. The first-order valence-electron chi connectivity index (χ1n) is 5.60. The van der Waals surface area contributed by atoms with E-state index in [1.165, 1.54) is 18.2 Å². The van der Waals surface area contributed by atoms with Crippen LogP contribution in [-0.4, -0.2) is 41.7 Å². The molecular weight excluding hydrogens is 305 g/mol. The quantitative estimate of drug-likeness (QED) is 0.920. The molecule has 0 unspecified atom stereocenters. The fraction of sp³-hybridized carbons (Fsp3) is 0.417. The average molecular weight is 318 g/mol. The smallest absolute Gasteiger partial charge is 0.260 e. The third-order valence-electron chi connectivity index (χ3n) is 2.76. The Morgan fingerprint density at radius 2 is 2.39 bits per heavy atom. The lowest BCUT2D eigenvalue weighted by Crippen LogP contribution is -2.33. The van der Waals surface area contributed by atoms with Crippen LogP contribution in [0.1, 0.15) is 6.42 Å². The van der Waals surface area contributed by atoms with Crippen LogP contribution in [0, 0.1) is 5.82 Å². The van der Waals surface area contributed by atoms with Gasteiger partial charge < -0.3 is 14.7 Å². The van der Waals surface area contributed by atoms with Crippen molar-refractivity contribution in [2.45, 2.75) is 12.5 Å². The number of ether oxygens (including phenoxy) is 1. The Hall–Kier alpha value is -1.14. The minimum Gasteiger partial charge on any atom is -0.483 e. The standard InChI is InChI=1S/C12H13BrFNO3/c13-10-5-8(14)1-2-11(10)18-7-12(17)15-4-3-9(16)6-15/h1-2,5,9,16H,3-4,6-7H2/t9-/m1/s1. The molecule has 1 saturated heterocycles. The van der Waals surface area contributed by atoms with Crippen LogP contribution in [0.25, 0.3) is 0 Å². The molecule has 98 valence electrons. The van der Waals surface area contributed by atoms with E-state index in [2.05, 4.69) is 15.9 Å². The predicted molar refractivity (Wildman–Crippen MR) is 66.8 cm³/mol. The Labute approximate surface area is 112 Å². The number of halogens is 2. The number of likely N-dealkylation sites (tertiary alicyclic amines) is 1. The topological polar surface area (TPSA) is 49.8 Å². The molecule has 1 N–H and O–H groups in total. The van der Waals surface area contributed by atoms with Gasteiger partial charge in [-0.2, -0.15) is 0 Å². The molecule has 1 aromatic carbocycles. The molecule has 6 heteroatoms. The summed E-state index contributed by atoms with van der Waals surface area (Å²) in [5.74, 6) is -0.129. The first-order valence-corrected chi connectivity index (χ1v) is 6.39. The van der Waals surface area contributed by atoms with Gasteiger partial charge in [0.2, 0.25) is 0 Å². The Kier molecular flexibility index (Phi) is 4.19. The van der Waals surface area contributed by atoms with Crippen LogP contribution in [0.15, 0.2) is 22.7 Å². The molecule has 1 amide bonds. The number of carbonyl (C=O) groups is 1. The molecule has 0 aliphatic carbocycles. The second-order valence-corrected chi connectivity index (χ2v) is 5.00. The SMILES string of the molecule is O=C(COc1ccc(F)cc1Br)N1CC[C@@H](O)C1. The molecule has 1 aromatic rings. The molecule has 2 rings (SSSR count). The van der Waals surface area contributed by atoms with Crippen LogP contribution in [0.3, 0.4) is 0 Å². The van der Waals surface area contributed by atoms with Crippen molar-refractivity contribution in [3.8, 4) is 5.75 Å². The first kappa shape index (κ1) is 13.3. The number of carbonyl (C=O) groups excluding carboxylic acids is 1. The molecule has 0 saturated carbocycles. The number of β-amino-alcohol motifs (C(OH)–C–C–N with tert-alkyl or cyclic N) is 1. The number of hydrogen-bond acceptors (Lipinski definition) is 3. The molecule has 4 nitrogen and oxygen atoms in total. The van der Waals surface area contributed by atoms with Crippen molar-refractivity contribution in [1.82, 2.24) is 4.90 Å². The Bertz CT molecular complexity index is 455. The monoisotopic (exact) mass is 317 g/mol. The van der Waals surface area contributed by atoms with Crippen LogP contribution in [0.2, 0.25) is 0 Å². The van der Waals surface area contributed by atoms with E-state index in [0.29, 0.717) is 29.7 Å². The summed E-state index contributed by atoms with van der Waals surface area (Å²) in [5.41, 5.74) is 0. The molecule has 18 heavy (non-hydrogen) atoms. The number of rotatable bonds is 3. The summed E-state index contributed by atoms with van der Waals surface area (Å²) < 4.78 is 18.6. The summed E-state index contributed by atoms with van der Waals surface area (Å²) >= 11 is 3.16. The van der Waals surface area contributed by atoms with Gasteiger partial charge in [-0.3, -0.25) is 4.79 Å². The average Bonchev–Trinajstić information content (AvgIpc) is 2.74. The van der Waals surface area contributed by atoms with Crippen LogP contribution in [-0.2, 0) is 4.79 Å². The van der Waals surface area contributed by atoms with Crippen LogP contribution >= 0.6 is 15.9 Å². The van der Waals surface area contributed by atoms with Gasteiger partial charge in [-0.05, 0) is 40.5 Å². The van der Waals surface area contributed by atoms with Gasteiger partial charge in [-0.1, -0.05) is 0 Å². The lowest BCUT2D eigenvalue weighted by molar-refractivity contribution is -0.132. The van der Waals surface area contributed by atoms with Crippen molar-refractivity contribution in [1.29, 1.82) is 0 Å². The van der Waals surface area contributed by atoms with Gasteiger partial charge in [0.1, 0.15) is 11.6 Å². The van der Waals surface area contributed by atoms with Gasteiger partial charge >= 0.3 is 0 Å². The Morgan fingerprint density at radius 3 is 3.00 bits per heavy atom. The van der Waals surface area contributed by atoms with Crippen molar-refractivity contribution < 1.29 is 19.0 Å². The van der Waals surface area contributed by atoms with Crippen LogP contribution in [0.4, 0.5) is 4.39 Å². The minimum absolute atomic E-state index is 0.114. The van der Waals surface area contributed by atoms with E-state index >= 15 is 0 Å². The highest BCUT2D eigenvalue weighted by Crippen LogP contribution is 2.25. The van der Waals surface area contributed by atoms with Crippen molar-refractivity contribution in [2.24, 2.45) is 0 Å². The van der Waals surface area contributed by atoms with Crippen molar-refractivity contribution in [3.05, 3.63) is 28.5 Å². The lowest BCUT2D eigenvalue weighted by Gasteiger charge is -2.16. The molecular formula is C12H13BrFNO3. The van der Waals surface area contributed by atoms with E-state index in [1.807, 2.05) is 0 Å². The normalized spacial score (nSPS) is 19.1. The molecule has 0 aromatic heterocycles. The molecule has 1 atom stereocenters. The Balaban J connectivity index is 1.89. The summed E-state index contributed by atoms with van der Waals surface area (Å²) in [4.78, 5) is 13.3. The maximum Gasteiger partial charge on any atom is 0.260 e. The largest absolute Gasteiger partial charge is 0.483 e. The number of benzene rings is 1. The van der Waals surface area contributed by atoms with Gasteiger partial charge in [0, 0.05) is 13.1 Å². The summed E-state index contributed by atoms with van der Waals surface area (Å²) in [6.45, 7) is 0.789. The zero-order chi connectivity index (χ0) is 13.1. The third kappa shape index (κ3) is 3.20. The van der Waals surface area contributed by atoms with E-state index in [9.17, 15) is 14.3 Å². The molecule has 0 spiro atoms. The summed E-state index contributed by atoms with van der Waals surface area (Å²) in [6.07, 6.45) is 0.165. The fourth-order valence-corrected chi connectivity index (χ4v) is 2.26. The molecule has 0 radical (unpaired) electrons. The number of aliphatic hydroxyl groups is 1. The maximum absolute atomic E-state index is 12.8. The van der Waals surface area contributed by atoms with Gasteiger partial charge in [0.15, 0.2) is 6.61 Å². The molecule has 1 fully saturated rings. The minimum atomic E-state index is -0.438. The first-order chi connectivity index (χ1) is 8.56. The highest BCUT2D eigenvalue weighted by atomic mass is 79.9. The van der Waals surface area contributed by atoms with E-state index in [-0.39, 0.29) is 18.3 Å². The van der Waals surface area contributed by atoms with Gasteiger partial charge in [-0.25, -0.2) is 4.39 Å². The number of amides is 1. The Morgan fingerprint density at radius 1 is 1.61 bits per heavy atom. The van der Waals surface area contributed by atoms with E-state index in [4.69, 9.17) is 4.74 Å². The lowest BCUT2D eigenvalue weighted by atomic mass is 10.3. The fourth-order valence-electron chi connectivity index (χ4n) is 1.79. The van der Waals surface area contributed by atoms with E-state index in [0.717, 1.165) is 0 Å². The van der Waals surface area contributed by atoms with Crippen LogP contribution < -0.4 is 4.74 Å². The summed E-state index contributed by atoms with van der Waals surface area (Å²) in [6, 6.07) is 4.01. The van der Waals surface area contributed by atoms with Crippen molar-refractivity contribution >= 4 is 21.8 Å².